The third kappa shape index (κ3) is 5.66. The Balaban J connectivity index is 1.30. The average molecular weight is 466 g/mol. The number of hydrogen-bond acceptors (Lipinski definition) is 4. The van der Waals surface area contributed by atoms with Gasteiger partial charge in [0.2, 0.25) is 5.91 Å². The maximum absolute atomic E-state index is 13.2. The Labute approximate surface area is 197 Å². The Hall–Kier alpha value is -3.06. The predicted molar refractivity (Wildman–Crippen MR) is 128 cm³/mol. The summed E-state index contributed by atoms with van der Waals surface area (Å²) in [6.45, 7) is 5.09. The molecule has 1 aliphatic rings. The van der Waals surface area contributed by atoms with E-state index in [1.165, 1.54) is 23.5 Å². The van der Waals surface area contributed by atoms with E-state index in [-0.39, 0.29) is 29.6 Å². The van der Waals surface area contributed by atoms with Crippen molar-refractivity contribution in [3.8, 4) is 10.6 Å². The Morgan fingerprint density at radius 1 is 1.12 bits per heavy atom. The van der Waals surface area contributed by atoms with Gasteiger partial charge < -0.3 is 10.2 Å². The lowest BCUT2D eigenvalue weighted by Gasteiger charge is -2.31. The van der Waals surface area contributed by atoms with Gasteiger partial charge >= 0.3 is 0 Å². The fraction of sp³-hybridized carbons (Fsp3) is 0.346. The fourth-order valence-electron chi connectivity index (χ4n) is 4.18. The molecular weight excluding hydrogens is 437 g/mol. The summed E-state index contributed by atoms with van der Waals surface area (Å²) in [5, 5.41) is 3.80. The molecule has 1 aromatic heterocycles. The summed E-state index contributed by atoms with van der Waals surface area (Å²) in [5.74, 6) is 0.0149. The number of aromatic nitrogens is 1. The molecular formula is C26H28FN3O2S. The van der Waals surface area contributed by atoms with Gasteiger partial charge in [0, 0.05) is 25.1 Å². The summed E-state index contributed by atoms with van der Waals surface area (Å²) in [4.78, 5) is 32.6. The Morgan fingerprint density at radius 2 is 1.79 bits per heavy atom. The number of amides is 2. The standard InChI is InChI=1S/C26H28FN3O2S/c1-17(20-6-4-3-5-7-20)28-23(31)16-19-12-14-30(15-13-19)26(32)24-18(2)29-25(33-24)21-8-10-22(27)11-9-21/h3-11,17,19H,12-16H2,1-2H3,(H,28,31)/t17-/m0/s1. The van der Waals surface area contributed by atoms with E-state index in [1.54, 1.807) is 12.1 Å². The second-order valence-corrected chi connectivity index (χ2v) is 9.58. The topological polar surface area (TPSA) is 62.3 Å². The van der Waals surface area contributed by atoms with Crippen LogP contribution in [-0.2, 0) is 4.79 Å². The monoisotopic (exact) mass is 465 g/mol. The predicted octanol–water partition coefficient (Wildman–Crippen LogP) is 5.38. The van der Waals surface area contributed by atoms with Crippen LogP contribution in [0.4, 0.5) is 4.39 Å². The lowest BCUT2D eigenvalue weighted by molar-refractivity contribution is -0.122. The second kappa shape index (κ2) is 10.3. The third-order valence-electron chi connectivity index (χ3n) is 6.13. The molecule has 1 fully saturated rings. The van der Waals surface area contributed by atoms with Crippen molar-refractivity contribution in [3.05, 3.63) is 76.5 Å². The molecule has 3 aromatic rings. The molecule has 0 radical (unpaired) electrons. The minimum atomic E-state index is -0.297. The van der Waals surface area contributed by atoms with E-state index in [0.717, 1.165) is 29.0 Å². The molecule has 0 spiro atoms. The molecule has 7 heteroatoms. The third-order valence-corrected chi connectivity index (χ3v) is 7.33. The summed E-state index contributed by atoms with van der Waals surface area (Å²) >= 11 is 1.35. The van der Waals surface area contributed by atoms with Crippen LogP contribution in [0, 0.1) is 18.7 Å². The van der Waals surface area contributed by atoms with Gasteiger partial charge in [0.1, 0.15) is 15.7 Å². The van der Waals surface area contributed by atoms with Crippen molar-refractivity contribution in [2.75, 3.05) is 13.1 Å². The molecule has 1 saturated heterocycles. The van der Waals surface area contributed by atoms with Crippen molar-refractivity contribution in [1.82, 2.24) is 15.2 Å². The van der Waals surface area contributed by atoms with Crippen LogP contribution in [0.1, 0.15) is 53.2 Å². The van der Waals surface area contributed by atoms with Gasteiger partial charge in [-0.3, -0.25) is 9.59 Å². The van der Waals surface area contributed by atoms with E-state index in [0.29, 0.717) is 30.1 Å². The van der Waals surface area contributed by atoms with Crippen molar-refractivity contribution in [3.63, 3.8) is 0 Å². The molecule has 4 rings (SSSR count). The fourth-order valence-corrected chi connectivity index (χ4v) is 5.22. The van der Waals surface area contributed by atoms with E-state index >= 15 is 0 Å². The van der Waals surface area contributed by atoms with Crippen LogP contribution in [0.15, 0.2) is 54.6 Å². The molecule has 1 atom stereocenters. The zero-order valence-electron chi connectivity index (χ0n) is 18.9. The number of thiazole rings is 1. The van der Waals surface area contributed by atoms with Crippen LogP contribution in [0.5, 0.6) is 0 Å². The van der Waals surface area contributed by atoms with E-state index in [1.807, 2.05) is 49.1 Å². The SMILES string of the molecule is Cc1nc(-c2ccc(F)cc2)sc1C(=O)N1CCC(CC(=O)N[C@@H](C)c2ccccc2)CC1. The maximum atomic E-state index is 13.2. The zero-order valence-corrected chi connectivity index (χ0v) is 19.7. The van der Waals surface area contributed by atoms with Crippen molar-refractivity contribution in [1.29, 1.82) is 0 Å². The first-order valence-electron chi connectivity index (χ1n) is 11.3. The van der Waals surface area contributed by atoms with Crippen LogP contribution < -0.4 is 5.32 Å². The lowest BCUT2D eigenvalue weighted by Crippen LogP contribution is -2.39. The molecule has 1 aliphatic heterocycles. The number of piperidine rings is 1. The van der Waals surface area contributed by atoms with E-state index in [9.17, 15) is 14.0 Å². The average Bonchev–Trinajstić information content (AvgIpc) is 3.21. The highest BCUT2D eigenvalue weighted by Gasteiger charge is 2.28. The number of aryl methyl sites for hydroxylation is 1. The molecule has 0 unspecified atom stereocenters. The van der Waals surface area contributed by atoms with Gasteiger partial charge in [-0.2, -0.15) is 0 Å². The summed E-state index contributed by atoms with van der Waals surface area (Å²) in [6, 6.07) is 16.1. The molecule has 1 N–H and O–H groups in total. The number of benzene rings is 2. The zero-order chi connectivity index (χ0) is 23.4. The van der Waals surface area contributed by atoms with Crippen molar-refractivity contribution < 1.29 is 14.0 Å². The second-order valence-electron chi connectivity index (χ2n) is 8.58. The normalized spacial score (nSPS) is 15.3. The summed E-state index contributed by atoms with van der Waals surface area (Å²) in [7, 11) is 0. The van der Waals surface area contributed by atoms with Crippen molar-refractivity contribution in [2.24, 2.45) is 5.92 Å². The molecule has 0 bridgehead atoms. The molecule has 2 aromatic carbocycles. The highest BCUT2D eigenvalue weighted by atomic mass is 32.1. The van der Waals surface area contributed by atoms with Gasteiger partial charge in [0.15, 0.2) is 0 Å². The van der Waals surface area contributed by atoms with Crippen LogP contribution >= 0.6 is 11.3 Å². The molecule has 0 saturated carbocycles. The highest BCUT2D eigenvalue weighted by molar-refractivity contribution is 7.17. The van der Waals surface area contributed by atoms with Crippen molar-refractivity contribution in [2.45, 2.75) is 39.2 Å². The van der Waals surface area contributed by atoms with Crippen LogP contribution in [0.2, 0.25) is 0 Å². The molecule has 2 amide bonds. The molecule has 2 heterocycles. The minimum absolute atomic E-state index is 0.0148. The first-order valence-corrected chi connectivity index (χ1v) is 12.1. The highest BCUT2D eigenvalue weighted by Crippen LogP contribution is 2.30. The number of nitrogens with zero attached hydrogens (tertiary/aromatic N) is 2. The van der Waals surface area contributed by atoms with Crippen LogP contribution in [-0.4, -0.2) is 34.8 Å². The van der Waals surface area contributed by atoms with Gasteiger partial charge in [-0.05, 0) is 62.4 Å². The molecule has 172 valence electrons. The number of likely N-dealkylation sites (tertiary alicyclic amines) is 1. The van der Waals surface area contributed by atoms with Gasteiger partial charge in [-0.1, -0.05) is 30.3 Å². The van der Waals surface area contributed by atoms with Gasteiger partial charge in [-0.15, -0.1) is 11.3 Å². The smallest absolute Gasteiger partial charge is 0.265 e. The van der Waals surface area contributed by atoms with E-state index in [4.69, 9.17) is 0 Å². The van der Waals surface area contributed by atoms with E-state index < -0.39 is 0 Å². The first-order chi connectivity index (χ1) is 15.9. The summed E-state index contributed by atoms with van der Waals surface area (Å²) in [5.41, 5.74) is 2.59. The van der Waals surface area contributed by atoms with Gasteiger partial charge in [0.25, 0.3) is 5.91 Å². The van der Waals surface area contributed by atoms with Crippen LogP contribution in [0.3, 0.4) is 0 Å². The molecule has 5 nitrogen and oxygen atoms in total. The van der Waals surface area contributed by atoms with Crippen LogP contribution in [0.25, 0.3) is 10.6 Å². The summed E-state index contributed by atoms with van der Waals surface area (Å²) in [6.07, 6.45) is 2.09. The Morgan fingerprint density at radius 3 is 2.45 bits per heavy atom. The number of rotatable bonds is 6. The minimum Gasteiger partial charge on any atom is -0.350 e. The largest absolute Gasteiger partial charge is 0.350 e. The Kier molecular flexibility index (Phi) is 7.18. The number of carbonyl (C=O) groups excluding carboxylic acids is 2. The van der Waals surface area contributed by atoms with Gasteiger partial charge in [0.05, 0.1) is 11.7 Å². The van der Waals surface area contributed by atoms with Gasteiger partial charge in [-0.25, -0.2) is 9.37 Å². The quantitative estimate of drug-likeness (QED) is 0.532. The number of halogens is 1. The maximum Gasteiger partial charge on any atom is 0.265 e. The molecule has 33 heavy (non-hydrogen) atoms. The number of nitrogens with one attached hydrogen (secondary N) is 1. The number of carbonyl (C=O) groups is 2. The first kappa shape index (κ1) is 23.1. The lowest BCUT2D eigenvalue weighted by atomic mass is 9.93. The van der Waals surface area contributed by atoms with E-state index in [2.05, 4.69) is 10.3 Å². The van der Waals surface area contributed by atoms with Crippen molar-refractivity contribution >= 4 is 23.2 Å². The summed E-state index contributed by atoms with van der Waals surface area (Å²) < 4.78 is 13.2. The Bertz CT molecular complexity index is 1110. The number of hydrogen-bond donors (Lipinski definition) is 1. The molecule has 0 aliphatic carbocycles.